The van der Waals surface area contributed by atoms with Crippen molar-refractivity contribution in [3.63, 3.8) is 0 Å². The molecule has 2 rings (SSSR count). The van der Waals surface area contributed by atoms with Crippen LogP contribution in [0.15, 0.2) is 29.6 Å². The standard InChI is InChI=1S/C10H12ClN3S/c1-8(2-5-11)15-10-4-7-14-9(13-10)3-6-12-14/h3-4,6-8H,2,5H2,1H3. The normalized spacial score (nSPS) is 13.2. The molecule has 0 aliphatic carbocycles. The van der Waals surface area contributed by atoms with Gasteiger partial charge < -0.3 is 0 Å². The molecule has 0 fully saturated rings. The number of hydrogen-bond donors (Lipinski definition) is 0. The molecular formula is C10H12ClN3S. The minimum atomic E-state index is 0.500. The summed E-state index contributed by atoms with van der Waals surface area (Å²) in [5.74, 6) is 0.698. The summed E-state index contributed by atoms with van der Waals surface area (Å²) in [6, 6.07) is 3.88. The summed E-state index contributed by atoms with van der Waals surface area (Å²) in [4.78, 5) is 4.48. The topological polar surface area (TPSA) is 30.2 Å². The van der Waals surface area contributed by atoms with E-state index < -0.39 is 0 Å². The van der Waals surface area contributed by atoms with Gasteiger partial charge in [0.2, 0.25) is 0 Å². The van der Waals surface area contributed by atoms with E-state index in [9.17, 15) is 0 Å². The molecule has 1 unspecified atom stereocenters. The van der Waals surface area contributed by atoms with Crippen molar-refractivity contribution >= 4 is 29.0 Å². The van der Waals surface area contributed by atoms with Gasteiger partial charge in [-0.25, -0.2) is 9.50 Å². The number of aromatic nitrogens is 3. The third-order valence-electron chi connectivity index (χ3n) is 2.07. The fourth-order valence-corrected chi connectivity index (χ4v) is 2.67. The van der Waals surface area contributed by atoms with Crippen LogP contribution in [0.25, 0.3) is 5.65 Å². The molecule has 2 aromatic heterocycles. The molecule has 0 bridgehead atoms. The van der Waals surface area contributed by atoms with E-state index in [2.05, 4.69) is 17.0 Å². The molecule has 80 valence electrons. The first-order chi connectivity index (χ1) is 7.29. The Morgan fingerprint density at radius 3 is 3.20 bits per heavy atom. The SMILES string of the molecule is CC(CCCl)Sc1ccn2nccc2n1. The van der Waals surface area contributed by atoms with Crippen molar-refractivity contribution in [2.75, 3.05) is 5.88 Å². The van der Waals surface area contributed by atoms with Crippen LogP contribution in [0.4, 0.5) is 0 Å². The highest BCUT2D eigenvalue weighted by Gasteiger charge is 2.05. The van der Waals surface area contributed by atoms with Crippen molar-refractivity contribution in [2.45, 2.75) is 23.6 Å². The molecule has 1 atom stereocenters. The van der Waals surface area contributed by atoms with Crippen molar-refractivity contribution in [2.24, 2.45) is 0 Å². The summed E-state index contributed by atoms with van der Waals surface area (Å²) >= 11 is 7.44. The zero-order valence-corrected chi connectivity index (χ0v) is 10.0. The van der Waals surface area contributed by atoms with Crippen LogP contribution in [0, 0.1) is 0 Å². The Balaban J connectivity index is 2.14. The highest BCUT2D eigenvalue weighted by molar-refractivity contribution is 7.99. The molecule has 3 nitrogen and oxygen atoms in total. The highest BCUT2D eigenvalue weighted by atomic mass is 35.5. The molecule has 15 heavy (non-hydrogen) atoms. The van der Waals surface area contributed by atoms with Crippen LogP contribution >= 0.6 is 23.4 Å². The zero-order valence-electron chi connectivity index (χ0n) is 8.43. The number of hydrogen-bond acceptors (Lipinski definition) is 3. The van der Waals surface area contributed by atoms with Gasteiger partial charge in [-0.3, -0.25) is 0 Å². The van der Waals surface area contributed by atoms with Gasteiger partial charge in [0.15, 0.2) is 5.65 Å². The first-order valence-electron chi connectivity index (χ1n) is 4.82. The second-order valence-electron chi connectivity index (χ2n) is 3.31. The third-order valence-corrected chi connectivity index (χ3v) is 3.40. The Bertz CT molecular complexity index is 443. The Labute approximate surface area is 97.8 Å². The Morgan fingerprint density at radius 1 is 1.53 bits per heavy atom. The average molecular weight is 242 g/mol. The van der Waals surface area contributed by atoms with Gasteiger partial charge in [-0.2, -0.15) is 5.10 Å². The fourth-order valence-electron chi connectivity index (χ4n) is 1.28. The summed E-state index contributed by atoms with van der Waals surface area (Å²) in [6.45, 7) is 2.16. The fraction of sp³-hybridized carbons (Fsp3) is 0.400. The lowest BCUT2D eigenvalue weighted by Gasteiger charge is -2.07. The Hall–Kier alpha value is -0.740. The Kier molecular flexibility index (Phi) is 3.49. The minimum Gasteiger partial charge on any atom is -0.223 e. The van der Waals surface area contributed by atoms with E-state index in [-0.39, 0.29) is 0 Å². The van der Waals surface area contributed by atoms with E-state index in [1.165, 1.54) is 0 Å². The smallest absolute Gasteiger partial charge is 0.156 e. The highest BCUT2D eigenvalue weighted by Crippen LogP contribution is 2.23. The quantitative estimate of drug-likeness (QED) is 0.469. The number of fused-ring (bicyclic) bond motifs is 1. The second kappa shape index (κ2) is 4.86. The molecule has 0 spiro atoms. The van der Waals surface area contributed by atoms with Crippen molar-refractivity contribution < 1.29 is 0 Å². The number of rotatable bonds is 4. The second-order valence-corrected chi connectivity index (χ2v) is 5.14. The minimum absolute atomic E-state index is 0.500. The molecule has 2 heterocycles. The summed E-state index contributed by atoms with van der Waals surface area (Å²) < 4.78 is 1.76. The number of alkyl halides is 1. The van der Waals surface area contributed by atoms with Crippen molar-refractivity contribution in [3.8, 4) is 0 Å². The van der Waals surface area contributed by atoms with Crippen molar-refractivity contribution in [3.05, 3.63) is 24.5 Å². The summed E-state index contributed by atoms with van der Waals surface area (Å²) in [7, 11) is 0. The van der Waals surface area contributed by atoms with Gasteiger partial charge in [-0.05, 0) is 12.5 Å². The predicted molar refractivity (Wildman–Crippen MR) is 63.6 cm³/mol. The maximum absolute atomic E-state index is 5.69. The van der Waals surface area contributed by atoms with Crippen LogP contribution in [0.1, 0.15) is 13.3 Å². The molecule has 0 aromatic carbocycles. The average Bonchev–Trinajstić information content (AvgIpc) is 2.65. The molecule has 0 amide bonds. The number of thioether (sulfide) groups is 1. The molecular weight excluding hydrogens is 230 g/mol. The van der Waals surface area contributed by atoms with Crippen LogP contribution in [0.3, 0.4) is 0 Å². The van der Waals surface area contributed by atoms with Crippen molar-refractivity contribution in [1.82, 2.24) is 14.6 Å². The lowest BCUT2D eigenvalue weighted by atomic mass is 10.4. The third kappa shape index (κ3) is 2.63. The first kappa shape index (κ1) is 10.8. The van der Waals surface area contributed by atoms with Gasteiger partial charge in [0.25, 0.3) is 0 Å². The maximum Gasteiger partial charge on any atom is 0.156 e. The van der Waals surface area contributed by atoms with E-state index in [4.69, 9.17) is 11.6 Å². The largest absolute Gasteiger partial charge is 0.223 e. The monoisotopic (exact) mass is 241 g/mol. The van der Waals surface area contributed by atoms with Gasteiger partial charge >= 0.3 is 0 Å². The van der Waals surface area contributed by atoms with Gasteiger partial charge in [-0.15, -0.1) is 23.4 Å². The molecule has 5 heteroatoms. The molecule has 0 N–H and O–H groups in total. The van der Waals surface area contributed by atoms with Crippen LogP contribution in [-0.2, 0) is 0 Å². The van der Waals surface area contributed by atoms with Gasteiger partial charge in [-0.1, -0.05) is 6.92 Å². The molecule has 0 aliphatic heterocycles. The van der Waals surface area contributed by atoms with Gasteiger partial charge in [0, 0.05) is 23.4 Å². The molecule has 2 aromatic rings. The van der Waals surface area contributed by atoms with Crippen molar-refractivity contribution in [1.29, 1.82) is 0 Å². The summed E-state index contributed by atoms with van der Waals surface area (Å²) in [5, 5.41) is 5.63. The molecule has 0 radical (unpaired) electrons. The van der Waals surface area contributed by atoms with E-state index in [0.717, 1.165) is 17.1 Å². The van der Waals surface area contributed by atoms with E-state index in [1.54, 1.807) is 22.5 Å². The van der Waals surface area contributed by atoms with Gasteiger partial charge in [0.1, 0.15) is 5.03 Å². The first-order valence-corrected chi connectivity index (χ1v) is 6.24. The number of nitrogens with zero attached hydrogens (tertiary/aromatic N) is 3. The summed E-state index contributed by atoms with van der Waals surface area (Å²) in [5.41, 5.74) is 0.887. The molecule has 0 aliphatic rings. The van der Waals surface area contributed by atoms with E-state index >= 15 is 0 Å². The van der Waals surface area contributed by atoms with Gasteiger partial charge in [0.05, 0.1) is 6.20 Å². The maximum atomic E-state index is 5.69. The van der Waals surface area contributed by atoms with E-state index in [0.29, 0.717) is 11.1 Å². The molecule has 0 saturated heterocycles. The lowest BCUT2D eigenvalue weighted by molar-refractivity contribution is 0.893. The van der Waals surface area contributed by atoms with E-state index in [1.807, 2.05) is 18.3 Å². The van der Waals surface area contributed by atoms with Crippen LogP contribution in [-0.4, -0.2) is 25.7 Å². The Morgan fingerprint density at radius 2 is 2.40 bits per heavy atom. The lowest BCUT2D eigenvalue weighted by Crippen LogP contribution is -1.98. The zero-order chi connectivity index (χ0) is 10.7. The number of halogens is 1. The van der Waals surface area contributed by atoms with Crippen LogP contribution in [0.2, 0.25) is 0 Å². The molecule has 0 saturated carbocycles. The predicted octanol–water partition coefficient (Wildman–Crippen LogP) is 2.84. The van der Waals surface area contributed by atoms with Crippen LogP contribution < -0.4 is 0 Å². The van der Waals surface area contributed by atoms with Crippen LogP contribution in [0.5, 0.6) is 0 Å². The summed E-state index contributed by atoms with van der Waals surface area (Å²) in [6.07, 6.45) is 4.68.